The quantitative estimate of drug-likeness (QED) is 0.632. The van der Waals surface area contributed by atoms with E-state index in [-0.39, 0.29) is 11.9 Å². The van der Waals surface area contributed by atoms with Crippen LogP contribution in [-0.4, -0.2) is 28.0 Å². The first-order chi connectivity index (χ1) is 14.9. The molecule has 0 radical (unpaired) electrons. The Balaban J connectivity index is 1.48. The molecular formula is C22H19N5O4. The Morgan fingerprint density at radius 3 is 2.74 bits per heavy atom. The lowest BCUT2D eigenvalue weighted by Crippen LogP contribution is -2.40. The Morgan fingerprint density at radius 2 is 2.00 bits per heavy atom. The average molecular weight is 417 g/mol. The van der Waals surface area contributed by atoms with Crippen LogP contribution < -0.4 is 15.5 Å². The van der Waals surface area contributed by atoms with Crippen LogP contribution in [0, 0.1) is 0 Å². The summed E-state index contributed by atoms with van der Waals surface area (Å²) in [6.07, 6.45) is 0.585. The maximum Gasteiger partial charge on any atom is 0.322 e. The molecule has 9 heteroatoms. The SMILES string of the molecule is CC(=O)N1c2ccccc2C[C@H]1c1nc(-c2cccc(C3(C)NC(=O)NC3=O)c2)no1. The first-order valence-corrected chi connectivity index (χ1v) is 9.82. The van der Waals surface area contributed by atoms with E-state index in [0.29, 0.717) is 29.3 Å². The van der Waals surface area contributed by atoms with Gasteiger partial charge in [0.1, 0.15) is 11.6 Å². The number of amides is 4. The van der Waals surface area contributed by atoms with E-state index >= 15 is 0 Å². The summed E-state index contributed by atoms with van der Waals surface area (Å²) in [6, 6.07) is 13.8. The van der Waals surface area contributed by atoms with Gasteiger partial charge < -0.3 is 9.84 Å². The molecule has 0 bridgehead atoms. The molecule has 9 nitrogen and oxygen atoms in total. The molecule has 3 aromatic rings. The van der Waals surface area contributed by atoms with Gasteiger partial charge in [0.2, 0.25) is 17.6 Å². The monoisotopic (exact) mass is 417 g/mol. The summed E-state index contributed by atoms with van der Waals surface area (Å²) in [7, 11) is 0. The van der Waals surface area contributed by atoms with Crippen LogP contribution >= 0.6 is 0 Å². The number of rotatable bonds is 3. The van der Waals surface area contributed by atoms with Crippen LogP contribution in [0.25, 0.3) is 11.4 Å². The van der Waals surface area contributed by atoms with E-state index in [4.69, 9.17) is 4.52 Å². The van der Waals surface area contributed by atoms with E-state index in [1.807, 2.05) is 24.3 Å². The lowest BCUT2D eigenvalue weighted by atomic mass is 9.91. The van der Waals surface area contributed by atoms with Gasteiger partial charge in [-0.05, 0) is 30.2 Å². The van der Waals surface area contributed by atoms with E-state index in [1.54, 1.807) is 36.1 Å². The largest absolute Gasteiger partial charge is 0.337 e. The molecule has 4 amide bonds. The third kappa shape index (κ3) is 2.97. The average Bonchev–Trinajstić information content (AvgIpc) is 3.44. The van der Waals surface area contributed by atoms with Gasteiger partial charge in [0, 0.05) is 24.6 Å². The summed E-state index contributed by atoms with van der Waals surface area (Å²) < 4.78 is 5.54. The Labute approximate surface area is 177 Å². The number of urea groups is 1. The first-order valence-electron chi connectivity index (χ1n) is 9.82. The van der Waals surface area contributed by atoms with Crippen LogP contribution in [0.2, 0.25) is 0 Å². The lowest BCUT2D eigenvalue weighted by Gasteiger charge is -2.21. The van der Waals surface area contributed by atoms with Crippen molar-refractivity contribution in [3.05, 3.63) is 65.5 Å². The summed E-state index contributed by atoms with van der Waals surface area (Å²) in [5.74, 6) is 0.145. The summed E-state index contributed by atoms with van der Waals surface area (Å²) in [5.41, 5.74) is 1.93. The second-order valence-electron chi connectivity index (χ2n) is 7.81. The molecule has 1 saturated heterocycles. The Hall–Kier alpha value is -4.01. The van der Waals surface area contributed by atoms with E-state index in [1.165, 1.54) is 6.92 Å². The molecule has 156 valence electrons. The van der Waals surface area contributed by atoms with Gasteiger partial charge in [-0.1, -0.05) is 41.6 Å². The molecule has 31 heavy (non-hydrogen) atoms. The van der Waals surface area contributed by atoms with Gasteiger partial charge >= 0.3 is 6.03 Å². The van der Waals surface area contributed by atoms with Crippen molar-refractivity contribution in [3.8, 4) is 11.4 Å². The molecule has 5 rings (SSSR count). The number of fused-ring (bicyclic) bond motifs is 1. The fourth-order valence-electron chi connectivity index (χ4n) is 4.18. The minimum absolute atomic E-state index is 0.104. The third-order valence-corrected chi connectivity index (χ3v) is 5.78. The number of aromatic nitrogens is 2. The highest BCUT2D eigenvalue weighted by molar-refractivity contribution is 6.07. The van der Waals surface area contributed by atoms with E-state index < -0.39 is 17.5 Å². The fraction of sp³-hybridized carbons (Fsp3) is 0.227. The van der Waals surface area contributed by atoms with Crippen molar-refractivity contribution in [2.75, 3.05) is 4.90 Å². The number of hydrogen-bond acceptors (Lipinski definition) is 6. The van der Waals surface area contributed by atoms with Crippen LogP contribution in [0.15, 0.2) is 53.1 Å². The molecule has 0 spiro atoms. The van der Waals surface area contributed by atoms with E-state index in [2.05, 4.69) is 20.8 Å². The van der Waals surface area contributed by atoms with Gasteiger partial charge in [0.15, 0.2) is 0 Å². The fourth-order valence-corrected chi connectivity index (χ4v) is 4.18. The molecule has 2 aliphatic heterocycles. The molecule has 1 fully saturated rings. The summed E-state index contributed by atoms with van der Waals surface area (Å²) in [5, 5.41) is 9.00. The Kier molecular flexibility index (Phi) is 4.14. The Bertz CT molecular complexity index is 1240. The van der Waals surface area contributed by atoms with Gasteiger partial charge in [-0.3, -0.25) is 19.8 Å². The zero-order valence-corrected chi connectivity index (χ0v) is 16.9. The minimum Gasteiger partial charge on any atom is -0.337 e. The zero-order chi connectivity index (χ0) is 21.8. The highest BCUT2D eigenvalue weighted by Crippen LogP contribution is 2.40. The van der Waals surface area contributed by atoms with Gasteiger partial charge in [0.05, 0.1) is 0 Å². The molecule has 0 aliphatic carbocycles. The second kappa shape index (κ2) is 6.76. The van der Waals surface area contributed by atoms with Crippen LogP contribution in [0.3, 0.4) is 0 Å². The number of carbonyl (C=O) groups is 3. The van der Waals surface area contributed by atoms with Crippen molar-refractivity contribution in [2.24, 2.45) is 0 Å². The number of nitrogens with zero attached hydrogens (tertiary/aromatic N) is 3. The van der Waals surface area contributed by atoms with Crippen LogP contribution in [-0.2, 0) is 21.5 Å². The smallest absolute Gasteiger partial charge is 0.322 e. The summed E-state index contributed by atoms with van der Waals surface area (Å²) in [6.45, 7) is 3.14. The van der Waals surface area contributed by atoms with Crippen molar-refractivity contribution in [2.45, 2.75) is 31.8 Å². The highest BCUT2D eigenvalue weighted by Gasteiger charge is 2.43. The molecular weight excluding hydrogens is 398 g/mol. The molecule has 0 saturated carbocycles. The standard InChI is InChI=1S/C22H19N5O4/c1-12(28)27-16-9-4-3-6-13(16)11-17(27)19-23-18(26-31-19)14-7-5-8-15(10-14)22(2)20(29)24-21(30)25-22/h3-10,17H,11H2,1-2H3,(H2,24,25,29,30)/t17-,22?/m0/s1. The predicted octanol–water partition coefficient (Wildman–Crippen LogP) is 2.44. The van der Waals surface area contributed by atoms with Crippen molar-refractivity contribution < 1.29 is 18.9 Å². The maximum absolute atomic E-state index is 12.3. The molecule has 1 unspecified atom stereocenters. The van der Waals surface area contributed by atoms with Crippen LogP contribution in [0.4, 0.5) is 10.5 Å². The van der Waals surface area contributed by atoms with Crippen LogP contribution in [0.5, 0.6) is 0 Å². The zero-order valence-electron chi connectivity index (χ0n) is 16.9. The van der Waals surface area contributed by atoms with Crippen molar-refractivity contribution >= 4 is 23.5 Å². The number of nitrogens with one attached hydrogen (secondary N) is 2. The van der Waals surface area contributed by atoms with Gasteiger partial charge in [-0.25, -0.2) is 4.79 Å². The van der Waals surface area contributed by atoms with E-state index in [9.17, 15) is 14.4 Å². The predicted molar refractivity (Wildman–Crippen MR) is 110 cm³/mol. The number of benzene rings is 2. The third-order valence-electron chi connectivity index (χ3n) is 5.78. The molecule has 2 aromatic carbocycles. The van der Waals surface area contributed by atoms with Crippen molar-refractivity contribution in [1.29, 1.82) is 0 Å². The molecule has 2 atom stereocenters. The van der Waals surface area contributed by atoms with Crippen molar-refractivity contribution in [3.63, 3.8) is 0 Å². The number of anilines is 1. The van der Waals surface area contributed by atoms with Crippen LogP contribution in [0.1, 0.15) is 36.9 Å². The van der Waals surface area contributed by atoms with Gasteiger partial charge in [0.25, 0.3) is 5.91 Å². The first kappa shape index (κ1) is 19.0. The molecule has 2 N–H and O–H groups in total. The number of hydrogen-bond donors (Lipinski definition) is 2. The molecule has 2 aliphatic rings. The second-order valence-corrected chi connectivity index (χ2v) is 7.81. The number of carbonyl (C=O) groups excluding carboxylic acids is 3. The highest BCUT2D eigenvalue weighted by atomic mass is 16.5. The normalized spacial score (nSPS) is 22.3. The van der Waals surface area contributed by atoms with Gasteiger partial charge in [-0.15, -0.1) is 0 Å². The molecule has 1 aromatic heterocycles. The van der Waals surface area contributed by atoms with Gasteiger partial charge in [-0.2, -0.15) is 4.98 Å². The summed E-state index contributed by atoms with van der Waals surface area (Å²) >= 11 is 0. The minimum atomic E-state index is -1.18. The summed E-state index contributed by atoms with van der Waals surface area (Å²) in [4.78, 5) is 42.4. The number of para-hydroxylation sites is 1. The lowest BCUT2D eigenvalue weighted by molar-refractivity contribution is -0.123. The number of imide groups is 1. The topological polar surface area (TPSA) is 117 Å². The maximum atomic E-state index is 12.3. The Morgan fingerprint density at radius 1 is 1.19 bits per heavy atom. The van der Waals surface area contributed by atoms with E-state index in [0.717, 1.165) is 11.3 Å². The molecule has 3 heterocycles. The van der Waals surface area contributed by atoms with Crippen molar-refractivity contribution in [1.82, 2.24) is 20.8 Å².